The minimum Gasteiger partial charge on any atom is -0.472 e. The van der Waals surface area contributed by atoms with Gasteiger partial charge in [-0.15, -0.1) is 0 Å². The monoisotopic (exact) mass is 294 g/mol. The highest BCUT2D eigenvalue weighted by atomic mass is 79.9. The van der Waals surface area contributed by atoms with E-state index in [-0.39, 0.29) is 6.04 Å². The van der Waals surface area contributed by atoms with Gasteiger partial charge in [-0.3, -0.25) is 11.3 Å². The summed E-state index contributed by atoms with van der Waals surface area (Å²) in [5, 5.41) is 0. The van der Waals surface area contributed by atoms with Crippen LogP contribution in [0.5, 0.6) is 0 Å². The van der Waals surface area contributed by atoms with Crippen molar-refractivity contribution in [3.05, 3.63) is 58.5 Å². The van der Waals surface area contributed by atoms with Gasteiger partial charge >= 0.3 is 0 Å². The van der Waals surface area contributed by atoms with Crippen molar-refractivity contribution in [1.29, 1.82) is 0 Å². The van der Waals surface area contributed by atoms with E-state index in [0.29, 0.717) is 0 Å². The molecule has 0 aliphatic carbocycles. The molecule has 0 spiro atoms. The summed E-state index contributed by atoms with van der Waals surface area (Å²) in [5.41, 5.74) is 5.26. The maximum atomic E-state index is 5.58. The van der Waals surface area contributed by atoms with Crippen LogP contribution in [-0.2, 0) is 12.8 Å². The molecule has 0 bridgehead atoms. The first-order chi connectivity index (χ1) is 8.28. The third kappa shape index (κ3) is 3.70. The molecule has 0 radical (unpaired) electrons. The summed E-state index contributed by atoms with van der Waals surface area (Å²) in [6.07, 6.45) is 5.19. The standard InChI is InChI=1S/C13H15BrN2O/c14-12-3-1-2-10(6-12)7-13(16-15)8-11-4-5-17-9-11/h1-6,9,13,16H,7-8,15H2. The summed E-state index contributed by atoms with van der Waals surface area (Å²) in [4.78, 5) is 0. The average Bonchev–Trinajstić information content (AvgIpc) is 2.81. The minimum absolute atomic E-state index is 0.210. The molecule has 1 aromatic carbocycles. The molecule has 0 saturated heterocycles. The van der Waals surface area contributed by atoms with Crippen LogP contribution in [0.4, 0.5) is 0 Å². The lowest BCUT2D eigenvalue weighted by Gasteiger charge is -2.15. The van der Waals surface area contributed by atoms with Crippen molar-refractivity contribution in [3.63, 3.8) is 0 Å². The fourth-order valence-electron chi connectivity index (χ4n) is 1.83. The van der Waals surface area contributed by atoms with Gasteiger partial charge in [0.15, 0.2) is 0 Å². The van der Waals surface area contributed by atoms with Crippen molar-refractivity contribution >= 4 is 15.9 Å². The molecular weight excluding hydrogens is 280 g/mol. The van der Waals surface area contributed by atoms with E-state index in [2.05, 4.69) is 33.5 Å². The van der Waals surface area contributed by atoms with Gasteiger partial charge < -0.3 is 4.42 Å². The normalized spacial score (nSPS) is 12.6. The first-order valence-corrected chi connectivity index (χ1v) is 6.29. The van der Waals surface area contributed by atoms with E-state index in [1.807, 2.05) is 18.2 Å². The van der Waals surface area contributed by atoms with Gasteiger partial charge in [-0.1, -0.05) is 28.1 Å². The van der Waals surface area contributed by atoms with E-state index in [0.717, 1.165) is 22.9 Å². The number of nitrogens with one attached hydrogen (secondary N) is 1. The molecule has 3 N–H and O–H groups in total. The van der Waals surface area contributed by atoms with Gasteiger partial charge in [-0.05, 0) is 42.2 Å². The summed E-state index contributed by atoms with van der Waals surface area (Å²) in [6, 6.07) is 10.4. The predicted octanol–water partition coefficient (Wildman–Crippen LogP) is 2.66. The van der Waals surface area contributed by atoms with E-state index in [9.17, 15) is 0 Å². The highest BCUT2D eigenvalue weighted by Crippen LogP contribution is 2.14. The van der Waals surface area contributed by atoms with Gasteiger partial charge in [0.1, 0.15) is 0 Å². The van der Waals surface area contributed by atoms with Crippen LogP contribution < -0.4 is 11.3 Å². The molecule has 4 heteroatoms. The summed E-state index contributed by atoms with van der Waals surface area (Å²) in [6.45, 7) is 0. The SMILES string of the molecule is NNC(Cc1ccoc1)Cc1cccc(Br)c1. The quantitative estimate of drug-likeness (QED) is 0.658. The number of halogens is 1. The van der Waals surface area contributed by atoms with Crippen molar-refractivity contribution in [3.8, 4) is 0 Å². The van der Waals surface area contributed by atoms with Gasteiger partial charge in [0.2, 0.25) is 0 Å². The predicted molar refractivity (Wildman–Crippen MR) is 71.4 cm³/mol. The van der Waals surface area contributed by atoms with Gasteiger partial charge in [0, 0.05) is 10.5 Å². The Labute approximate surface area is 109 Å². The number of nitrogens with two attached hydrogens (primary N) is 1. The number of hydrogen-bond acceptors (Lipinski definition) is 3. The molecule has 2 rings (SSSR count). The Balaban J connectivity index is 2.00. The summed E-state index contributed by atoms with van der Waals surface area (Å²) >= 11 is 3.47. The number of hydrogen-bond donors (Lipinski definition) is 2. The molecule has 17 heavy (non-hydrogen) atoms. The molecule has 1 unspecified atom stereocenters. The molecule has 1 heterocycles. The van der Waals surface area contributed by atoms with E-state index in [1.54, 1.807) is 12.5 Å². The molecule has 0 fully saturated rings. The molecule has 0 aliphatic heterocycles. The fraction of sp³-hybridized carbons (Fsp3) is 0.231. The molecule has 0 amide bonds. The van der Waals surface area contributed by atoms with E-state index >= 15 is 0 Å². The second kappa shape index (κ2) is 6.00. The lowest BCUT2D eigenvalue weighted by molar-refractivity contribution is 0.514. The smallest absolute Gasteiger partial charge is 0.0935 e. The number of rotatable bonds is 5. The highest BCUT2D eigenvalue weighted by molar-refractivity contribution is 9.10. The third-order valence-corrected chi connectivity index (χ3v) is 3.16. The van der Waals surface area contributed by atoms with Crippen LogP contribution in [0, 0.1) is 0 Å². The van der Waals surface area contributed by atoms with Crippen molar-refractivity contribution in [1.82, 2.24) is 5.43 Å². The van der Waals surface area contributed by atoms with Crippen LogP contribution in [0.2, 0.25) is 0 Å². The molecule has 90 valence electrons. The van der Waals surface area contributed by atoms with Crippen molar-refractivity contribution < 1.29 is 4.42 Å². The topological polar surface area (TPSA) is 51.2 Å². The molecule has 1 atom stereocenters. The van der Waals surface area contributed by atoms with Crippen LogP contribution in [0.3, 0.4) is 0 Å². The Hall–Kier alpha value is -1.10. The van der Waals surface area contributed by atoms with Crippen LogP contribution in [-0.4, -0.2) is 6.04 Å². The first kappa shape index (κ1) is 12.4. The third-order valence-electron chi connectivity index (χ3n) is 2.67. The molecule has 3 nitrogen and oxygen atoms in total. The fourth-order valence-corrected chi connectivity index (χ4v) is 2.28. The second-order valence-electron chi connectivity index (χ2n) is 4.03. The van der Waals surface area contributed by atoms with Crippen LogP contribution in [0.1, 0.15) is 11.1 Å². The van der Waals surface area contributed by atoms with Crippen LogP contribution in [0.25, 0.3) is 0 Å². The molecule has 0 saturated carbocycles. The van der Waals surface area contributed by atoms with Crippen molar-refractivity contribution in [2.75, 3.05) is 0 Å². The Morgan fingerprint density at radius 1 is 1.24 bits per heavy atom. The highest BCUT2D eigenvalue weighted by Gasteiger charge is 2.09. The number of furan rings is 1. The summed E-state index contributed by atoms with van der Waals surface area (Å²) in [7, 11) is 0. The summed E-state index contributed by atoms with van der Waals surface area (Å²) in [5.74, 6) is 5.58. The number of benzene rings is 1. The molecular formula is C13H15BrN2O. The lowest BCUT2D eigenvalue weighted by Crippen LogP contribution is -2.38. The Morgan fingerprint density at radius 3 is 2.71 bits per heavy atom. The molecule has 1 aromatic heterocycles. The van der Waals surface area contributed by atoms with Crippen molar-refractivity contribution in [2.45, 2.75) is 18.9 Å². The Bertz CT molecular complexity index is 456. The van der Waals surface area contributed by atoms with E-state index < -0.39 is 0 Å². The molecule has 0 aliphatic rings. The zero-order valence-electron chi connectivity index (χ0n) is 9.40. The second-order valence-corrected chi connectivity index (χ2v) is 4.95. The van der Waals surface area contributed by atoms with Gasteiger partial charge in [0.05, 0.1) is 12.5 Å². The van der Waals surface area contributed by atoms with Gasteiger partial charge in [0.25, 0.3) is 0 Å². The maximum absolute atomic E-state index is 5.58. The first-order valence-electron chi connectivity index (χ1n) is 5.49. The zero-order chi connectivity index (χ0) is 12.1. The molecule has 2 aromatic rings. The zero-order valence-corrected chi connectivity index (χ0v) is 11.0. The minimum atomic E-state index is 0.210. The number of hydrazine groups is 1. The van der Waals surface area contributed by atoms with Crippen LogP contribution >= 0.6 is 15.9 Å². The summed E-state index contributed by atoms with van der Waals surface area (Å²) < 4.78 is 6.14. The van der Waals surface area contributed by atoms with E-state index in [4.69, 9.17) is 10.3 Å². The largest absolute Gasteiger partial charge is 0.472 e. The maximum Gasteiger partial charge on any atom is 0.0935 e. The van der Waals surface area contributed by atoms with E-state index in [1.165, 1.54) is 5.56 Å². The lowest BCUT2D eigenvalue weighted by atomic mass is 10.0. The van der Waals surface area contributed by atoms with Crippen LogP contribution in [0.15, 0.2) is 51.7 Å². The van der Waals surface area contributed by atoms with Crippen molar-refractivity contribution in [2.24, 2.45) is 5.84 Å². The van der Waals surface area contributed by atoms with Gasteiger partial charge in [-0.25, -0.2) is 0 Å². The van der Waals surface area contributed by atoms with Gasteiger partial charge in [-0.2, -0.15) is 0 Å². The Kier molecular flexibility index (Phi) is 4.36. The Morgan fingerprint density at radius 2 is 2.06 bits per heavy atom. The average molecular weight is 295 g/mol.